The molecule has 3 aromatic rings. The summed E-state index contributed by atoms with van der Waals surface area (Å²) < 4.78 is 35.7. The SMILES string of the molecule is COc1ccc(F)cc1/C(O)=C1\C(=O)C(=O)N(Cc2cccs2)C1c1cc(OC)c(OC)c(OC)c1. The van der Waals surface area contributed by atoms with Crippen LogP contribution in [0.1, 0.15) is 22.0 Å². The van der Waals surface area contributed by atoms with Crippen molar-refractivity contribution < 1.29 is 38.0 Å². The van der Waals surface area contributed by atoms with E-state index in [1.54, 1.807) is 12.1 Å². The summed E-state index contributed by atoms with van der Waals surface area (Å²) in [5, 5.41) is 13.2. The summed E-state index contributed by atoms with van der Waals surface area (Å²) in [5.74, 6) is -1.85. The molecule has 188 valence electrons. The number of nitrogens with zero attached hydrogens (tertiary/aromatic N) is 1. The first-order valence-corrected chi connectivity index (χ1v) is 11.7. The number of benzene rings is 2. The fourth-order valence-corrected chi connectivity index (χ4v) is 4.93. The Labute approximate surface area is 211 Å². The van der Waals surface area contributed by atoms with Crippen LogP contribution in [-0.4, -0.2) is 50.1 Å². The van der Waals surface area contributed by atoms with Crippen LogP contribution in [-0.2, 0) is 16.1 Å². The Morgan fingerprint density at radius 2 is 1.64 bits per heavy atom. The number of carbonyl (C=O) groups is 2. The summed E-state index contributed by atoms with van der Waals surface area (Å²) >= 11 is 1.42. The molecule has 1 atom stereocenters. The highest BCUT2D eigenvalue weighted by molar-refractivity contribution is 7.09. The minimum absolute atomic E-state index is 0.0518. The number of hydrogen-bond donors (Lipinski definition) is 1. The van der Waals surface area contributed by atoms with Gasteiger partial charge in [0.05, 0.1) is 52.2 Å². The van der Waals surface area contributed by atoms with Gasteiger partial charge in [0.1, 0.15) is 17.3 Å². The molecule has 1 N–H and O–H groups in total. The van der Waals surface area contributed by atoms with Crippen molar-refractivity contribution in [3.63, 3.8) is 0 Å². The maximum Gasteiger partial charge on any atom is 0.295 e. The minimum atomic E-state index is -1.03. The molecule has 0 radical (unpaired) electrons. The van der Waals surface area contributed by atoms with E-state index in [2.05, 4.69) is 0 Å². The van der Waals surface area contributed by atoms with E-state index in [4.69, 9.17) is 18.9 Å². The lowest BCUT2D eigenvalue weighted by atomic mass is 9.94. The van der Waals surface area contributed by atoms with E-state index in [0.29, 0.717) is 22.8 Å². The van der Waals surface area contributed by atoms with Crippen molar-refractivity contribution in [2.45, 2.75) is 12.6 Å². The van der Waals surface area contributed by atoms with Gasteiger partial charge in [-0.05, 0) is 47.3 Å². The molecule has 1 saturated heterocycles. The maximum absolute atomic E-state index is 14.1. The van der Waals surface area contributed by atoms with Crippen molar-refractivity contribution in [2.24, 2.45) is 0 Å². The summed E-state index contributed by atoms with van der Waals surface area (Å²) in [7, 11) is 5.71. The number of rotatable bonds is 8. The fourth-order valence-electron chi connectivity index (χ4n) is 4.23. The largest absolute Gasteiger partial charge is 0.507 e. The number of aliphatic hydroxyl groups is 1. The van der Waals surface area contributed by atoms with Crippen LogP contribution in [0, 0.1) is 5.82 Å². The molecule has 8 nitrogen and oxygen atoms in total. The third-order valence-electron chi connectivity index (χ3n) is 5.87. The molecule has 2 heterocycles. The Morgan fingerprint density at radius 3 is 2.19 bits per heavy atom. The zero-order chi connectivity index (χ0) is 26.0. The third-order valence-corrected chi connectivity index (χ3v) is 6.73. The second kappa shape index (κ2) is 10.3. The third kappa shape index (κ3) is 4.35. The average Bonchev–Trinajstić information content (AvgIpc) is 3.49. The minimum Gasteiger partial charge on any atom is -0.507 e. The molecule has 1 aliphatic heterocycles. The number of halogens is 1. The van der Waals surface area contributed by atoms with Gasteiger partial charge in [0.25, 0.3) is 11.7 Å². The lowest BCUT2D eigenvalue weighted by molar-refractivity contribution is -0.140. The lowest BCUT2D eigenvalue weighted by Gasteiger charge is -2.26. The number of ketones is 1. The Balaban J connectivity index is 1.99. The van der Waals surface area contributed by atoms with Gasteiger partial charge in [-0.2, -0.15) is 0 Å². The number of carbonyl (C=O) groups excluding carboxylic acids is 2. The van der Waals surface area contributed by atoms with Crippen LogP contribution in [0.25, 0.3) is 5.76 Å². The fraction of sp³-hybridized carbons (Fsp3) is 0.231. The molecule has 1 amide bonds. The molecule has 1 aromatic heterocycles. The van der Waals surface area contributed by atoms with Gasteiger partial charge >= 0.3 is 0 Å². The zero-order valence-corrected chi connectivity index (χ0v) is 20.8. The monoisotopic (exact) mass is 513 g/mol. The summed E-state index contributed by atoms with van der Waals surface area (Å²) in [4.78, 5) is 28.8. The Bertz CT molecular complexity index is 1310. The average molecular weight is 514 g/mol. The molecule has 4 rings (SSSR count). The number of thiophene rings is 1. The quantitative estimate of drug-likeness (QED) is 0.268. The van der Waals surface area contributed by atoms with Gasteiger partial charge in [0, 0.05) is 4.88 Å². The highest BCUT2D eigenvalue weighted by Gasteiger charge is 2.47. The molecule has 1 fully saturated rings. The maximum atomic E-state index is 14.1. The van der Waals surface area contributed by atoms with Crippen molar-refractivity contribution in [1.29, 1.82) is 0 Å². The first-order valence-electron chi connectivity index (χ1n) is 10.8. The molecule has 36 heavy (non-hydrogen) atoms. The summed E-state index contributed by atoms with van der Waals surface area (Å²) in [6.45, 7) is 0.112. The number of likely N-dealkylation sites (tertiary alicyclic amines) is 1. The molecule has 1 aliphatic rings. The predicted octanol–water partition coefficient (Wildman–Crippen LogP) is 4.54. The molecular weight excluding hydrogens is 489 g/mol. The van der Waals surface area contributed by atoms with E-state index in [1.165, 1.54) is 56.8 Å². The van der Waals surface area contributed by atoms with Crippen LogP contribution in [0.15, 0.2) is 53.4 Å². The van der Waals surface area contributed by atoms with Gasteiger partial charge in [-0.25, -0.2) is 4.39 Å². The molecule has 2 aromatic carbocycles. The Morgan fingerprint density at radius 1 is 0.972 bits per heavy atom. The van der Waals surface area contributed by atoms with Gasteiger partial charge < -0.3 is 29.0 Å². The smallest absolute Gasteiger partial charge is 0.295 e. The number of aliphatic hydroxyl groups excluding tert-OH is 1. The van der Waals surface area contributed by atoms with Crippen LogP contribution >= 0.6 is 11.3 Å². The van der Waals surface area contributed by atoms with Gasteiger partial charge in [-0.15, -0.1) is 11.3 Å². The molecule has 0 aliphatic carbocycles. The Kier molecular flexibility index (Phi) is 7.16. The molecule has 0 spiro atoms. The van der Waals surface area contributed by atoms with E-state index < -0.39 is 29.3 Å². The van der Waals surface area contributed by atoms with E-state index in [0.717, 1.165) is 10.9 Å². The summed E-state index contributed by atoms with van der Waals surface area (Å²) in [6.07, 6.45) is 0. The number of ether oxygens (including phenoxy) is 4. The van der Waals surface area contributed by atoms with Crippen molar-refractivity contribution in [2.75, 3.05) is 28.4 Å². The van der Waals surface area contributed by atoms with E-state index in [1.807, 2.05) is 17.5 Å². The molecule has 1 unspecified atom stereocenters. The van der Waals surface area contributed by atoms with Crippen molar-refractivity contribution in [3.8, 4) is 23.0 Å². The normalized spacial score (nSPS) is 16.8. The van der Waals surface area contributed by atoms with Gasteiger partial charge in [0.2, 0.25) is 5.75 Å². The first-order chi connectivity index (χ1) is 17.3. The topological polar surface area (TPSA) is 94.5 Å². The van der Waals surface area contributed by atoms with E-state index in [-0.39, 0.29) is 23.4 Å². The van der Waals surface area contributed by atoms with Crippen LogP contribution in [0.3, 0.4) is 0 Å². The number of amides is 1. The number of methoxy groups -OCH3 is 4. The van der Waals surface area contributed by atoms with Crippen LogP contribution in [0.4, 0.5) is 4.39 Å². The van der Waals surface area contributed by atoms with Gasteiger partial charge in [-0.3, -0.25) is 9.59 Å². The van der Waals surface area contributed by atoms with Crippen molar-refractivity contribution in [1.82, 2.24) is 4.90 Å². The second-order valence-corrected chi connectivity index (χ2v) is 8.84. The summed E-state index contributed by atoms with van der Waals surface area (Å²) in [5.41, 5.74) is 0.163. The molecule has 0 saturated carbocycles. The number of hydrogen-bond acceptors (Lipinski definition) is 8. The zero-order valence-electron chi connectivity index (χ0n) is 20.0. The molecular formula is C26H24FNO7S. The standard InChI is InChI=1S/C26H24FNO7S/c1-32-18-8-7-15(27)12-17(18)23(29)21-22(14-10-19(33-2)25(35-4)20(11-14)34-3)28(26(31)24(21)30)13-16-6-5-9-36-16/h5-12,22,29H,13H2,1-4H3/b23-21+. The lowest BCUT2D eigenvalue weighted by Crippen LogP contribution is -2.29. The highest BCUT2D eigenvalue weighted by Crippen LogP contribution is 2.46. The van der Waals surface area contributed by atoms with Gasteiger partial charge in [0.15, 0.2) is 11.5 Å². The highest BCUT2D eigenvalue weighted by atomic mass is 32.1. The van der Waals surface area contributed by atoms with Crippen LogP contribution in [0.5, 0.6) is 23.0 Å². The molecule has 10 heteroatoms. The van der Waals surface area contributed by atoms with E-state index >= 15 is 0 Å². The van der Waals surface area contributed by atoms with Crippen molar-refractivity contribution >= 4 is 28.8 Å². The first kappa shape index (κ1) is 25.1. The van der Waals surface area contributed by atoms with E-state index in [9.17, 15) is 19.1 Å². The number of Topliss-reactive ketones (excluding diaryl/α,β-unsaturated/α-hetero) is 1. The molecule has 0 bridgehead atoms. The van der Waals surface area contributed by atoms with Crippen LogP contribution in [0.2, 0.25) is 0 Å². The van der Waals surface area contributed by atoms with Gasteiger partial charge in [-0.1, -0.05) is 6.07 Å². The van der Waals surface area contributed by atoms with Crippen molar-refractivity contribution in [3.05, 3.63) is 75.2 Å². The second-order valence-electron chi connectivity index (χ2n) is 7.81. The van der Waals surface area contributed by atoms with Crippen LogP contribution < -0.4 is 18.9 Å². The Hall–Kier alpha value is -4.05. The summed E-state index contributed by atoms with van der Waals surface area (Å²) in [6, 6.07) is 9.41. The predicted molar refractivity (Wildman–Crippen MR) is 131 cm³/mol.